The summed E-state index contributed by atoms with van der Waals surface area (Å²) in [6.45, 7) is -0.213. The number of benzene rings is 2. The second-order valence-corrected chi connectivity index (χ2v) is 8.51. The molecule has 0 atom stereocenters. The number of halogens is 1. The molecule has 2 amide bonds. The van der Waals surface area contributed by atoms with Crippen molar-refractivity contribution in [2.75, 3.05) is 4.90 Å². The van der Waals surface area contributed by atoms with E-state index in [2.05, 4.69) is 4.98 Å². The van der Waals surface area contributed by atoms with Crippen LogP contribution in [0.1, 0.15) is 11.1 Å². The fourth-order valence-corrected chi connectivity index (χ4v) is 4.65. The second-order valence-electron chi connectivity index (χ2n) is 6.24. The van der Waals surface area contributed by atoms with E-state index in [1.165, 1.54) is 23.2 Å². The molecule has 1 aliphatic rings. The standard InChI is InChI=1S/C20H13ClN4O3S/c21-16-6-8-17(9-7-16)25-19-18(5-2-10-23-19)29(27,28)24(20(25)26)13-15-4-1-3-14(11-15)12-22/h1-11H,13H2. The van der Waals surface area contributed by atoms with Crippen LogP contribution in [0.3, 0.4) is 0 Å². The largest absolute Gasteiger partial charge is 0.344 e. The Balaban J connectivity index is 1.85. The maximum atomic E-state index is 13.3. The van der Waals surface area contributed by atoms with Crippen molar-refractivity contribution in [3.05, 3.63) is 83.0 Å². The Morgan fingerprint density at radius 2 is 1.83 bits per heavy atom. The van der Waals surface area contributed by atoms with Crippen LogP contribution in [0.4, 0.5) is 16.3 Å². The van der Waals surface area contributed by atoms with Gasteiger partial charge in [0, 0.05) is 11.2 Å². The molecule has 29 heavy (non-hydrogen) atoms. The molecule has 3 aromatic rings. The van der Waals surface area contributed by atoms with Crippen LogP contribution >= 0.6 is 11.6 Å². The van der Waals surface area contributed by atoms with Gasteiger partial charge in [-0.05, 0) is 54.1 Å². The fourth-order valence-electron chi connectivity index (χ4n) is 3.06. The normalized spacial score (nSPS) is 15.0. The molecule has 0 fully saturated rings. The quantitative estimate of drug-likeness (QED) is 0.631. The van der Waals surface area contributed by atoms with E-state index in [-0.39, 0.29) is 17.3 Å². The van der Waals surface area contributed by atoms with Crippen molar-refractivity contribution < 1.29 is 13.2 Å². The number of hydrogen-bond acceptors (Lipinski definition) is 5. The number of urea groups is 1. The molecular formula is C20H13ClN4O3S. The summed E-state index contributed by atoms with van der Waals surface area (Å²) in [5.74, 6) is 0.0295. The molecule has 0 saturated heterocycles. The number of anilines is 2. The molecule has 0 radical (unpaired) electrons. The van der Waals surface area contributed by atoms with Gasteiger partial charge in [0.2, 0.25) is 0 Å². The third kappa shape index (κ3) is 3.31. The van der Waals surface area contributed by atoms with Gasteiger partial charge in [-0.25, -0.2) is 27.4 Å². The molecule has 1 aliphatic heterocycles. The third-order valence-electron chi connectivity index (χ3n) is 4.40. The van der Waals surface area contributed by atoms with Crippen LogP contribution in [0.2, 0.25) is 5.02 Å². The van der Waals surface area contributed by atoms with Crippen molar-refractivity contribution >= 4 is 39.2 Å². The first-order valence-electron chi connectivity index (χ1n) is 8.48. The van der Waals surface area contributed by atoms with E-state index >= 15 is 0 Å². The summed E-state index contributed by atoms with van der Waals surface area (Å²) in [5.41, 5.74) is 1.33. The number of carbonyl (C=O) groups excluding carboxylic acids is 1. The van der Waals surface area contributed by atoms with Crippen molar-refractivity contribution in [3.63, 3.8) is 0 Å². The van der Waals surface area contributed by atoms with Crippen LogP contribution < -0.4 is 4.90 Å². The van der Waals surface area contributed by atoms with E-state index in [0.717, 1.165) is 4.31 Å². The molecular weight excluding hydrogens is 412 g/mol. The van der Waals surface area contributed by atoms with Crippen molar-refractivity contribution in [3.8, 4) is 6.07 Å². The van der Waals surface area contributed by atoms with Gasteiger partial charge in [0.05, 0.1) is 23.9 Å². The summed E-state index contributed by atoms with van der Waals surface area (Å²) in [6, 6.07) is 17.1. The van der Waals surface area contributed by atoms with E-state index in [0.29, 0.717) is 21.8 Å². The molecule has 9 heteroatoms. The Kier molecular flexibility index (Phi) is 4.70. The number of carbonyl (C=O) groups is 1. The summed E-state index contributed by atoms with van der Waals surface area (Å²) >= 11 is 5.95. The molecule has 1 aromatic heterocycles. The average molecular weight is 425 g/mol. The Labute approximate surface area is 172 Å². The lowest BCUT2D eigenvalue weighted by Gasteiger charge is -2.35. The number of rotatable bonds is 3. The summed E-state index contributed by atoms with van der Waals surface area (Å²) in [5, 5.41) is 9.57. The molecule has 7 nitrogen and oxygen atoms in total. The topological polar surface area (TPSA) is 94.4 Å². The minimum atomic E-state index is -4.13. The Morgan fingerprint density at radius 3 is 2.55 bits per heavy atom. The van der Waals surface area contributed by atoms with E-state index < -0.39 is 16.1 Å². The SMILES string of the molecule is N#Cc1cccc(CN2C(=O)N(c3ccc(Cl)cc3)c3ncccc3S2(=O)=O)c1. The van der Waals surface area contributed by atoms with Crippen molar-refractivity contribution in [2.45, 2.75) is 11.4 Å². The highest BCUT2D eigenvalue weighted by atomic mass is 35.5. The van der Waals surface area contributed by atoms with Gasteiger partial charge in [-0.1, -0.05) is 23.7 Å². The van der Waals surface area contributed by atoms with Gasteiger partial charge in [-0.15, -0.1) is 0 Å². The van der Waals surface area contributed by atoms with E-state index in [1.807, 2.05) is 6.07 Å². The lowest BCUT2D eigenvalue weighted by molar-refractivity contribution is 0.229. The maximum absolute atomic E-state index is 13.3. The fraction of sp³-hybridized carbons (Fsp3) is 0.0500. The van der Waals surface area contributed by atoms with Crippen LogP contribution in [0, 0.1) is 11.3 Å². The highest BCUT2D eigenvalue weighted by Gasteiger charge is 2.43. The highest BCUT2D eigenvalue weighted by Crippen LogP contribution is 2.38. The molecule has 0 aliphatic carbocycles. The number of pyridine rings is 1. The van der Waals surface area contributed by atoms with Crippen LogP contribution in [-0.4, -0.2) is 23.7 Å². The Morgan fingerprint density at radius 1 is 1.07 bits per heavy atom. The van der Waals surface area contributed by atoms with E-state index in [4.69, 9.17) is 16.9 Å². The molecule has 4 rings (SSSR count). The van der Waals surface area contributed by atoms with Gasteiger partial charge in [-0.3, -0.25) is 0 Å². The van der Waals surface area contributed by atoms with Gasteiger partial charge in [0.25, 0.3) is 10.0 Å². The van der Waals surface area contributed by atoms with Gasteiger partial charge in [0.1, 0.15) is 4.90 Å². The molecule has 0 spiro atoms. The zero-order chi connectivity index (χ0) is 20.6. The molecule has 144 valence electrons. The Hall–Kier alpha value is -3.41. The van der Waals surface area contributed by atoms with Gasteiger partial charge in [0.15, 0.2) is 5.82 Å². The third-order valence-corrected chi connectivity index (χ3v) is 6.39. The van der Waals surface area contributed by atoms with Crippen molar-refractivity contribution in [1.29, 1.82) is 5.26 Å². The minimum Gasteiger partial charge on any atom is -0.246 e. The number of nitriles is 1. The van der Waals surface area contributed by atoms with Gasteiger partial charge in [-0.2, -0.15) is 5.26 Å². The van der Waals surface area contributed by atoms with Gasteiger partial charge >= 0.3 is 6.03 Å². The van der Waals surface area contributed by atoms with Crippen molar-refractivity contribution in [2.24, 2.45) is 0 Å². The summed E-state index contributed by atoms with van der Waals surface area (Å²) < 4.78 is 27.1. The zero-order valence-corrected chi connectivity index (χ0v) is 16.4. The summed E-state index contributed by atoms with van der Waals surface area (Å²) in [7, 11) is -4.13. The number of fused-ring (bicyclic) bond motifs is 1. The molecule has 0 N–H and O–H groups in total. The lowest BCUT2D eigenvalue weighted by Crippen LogP contribution is -2.48. The Bertz CT molecular complexity index is 1250. The number of sulfonamides is 1. The first kappa shape index (κ1) is 18.9. The monoisotopic (exact) mass is 424 g/mol. The zero-order valence-electron chi connectivity index (χ0n) is 14.9. The minimum absolute atomic E-state index is 0.0295. The van der Waals surface area contributed by atoms with Gasteiger partial charge < -0.3 is 0 Å². The summed E-state index contributed by atoms with van der Waals surface area (Å²) in [4.78, 5) is 18.6. The number of nitrogens with zero attached hydrogens (tertiary/aromatic N) is 4. The van der Waals surface area contributed by atoms with E-state index in [9.17, 15) is 13.2 Å². The van der Waals surface area contributed by atoms with Crippen LogP contribution in [0.5, 0.6) is 0 Å². The summed E-state index contributed by atoms with van der Waals surface area (Å²) in [6.07, 6.45) is 1.43. The number of amides is 2. The molecule has 0 saturated carbocycles. The smallest absolute Gasteiger partial charge is 0.246 e. The second kappa shape index (κ2) is 7.20. The number of aromatic nitrogens is 1. The number of hydrogen-bond donors (Lipinski definition) is 0. The first-order chi connectivity index (χ1) is 13.9. The van der Waals surface area contributed by atoms with Crippen LogP contribution in [0.15, 0.2) is 71.8 Å². The molecule has 0 bridgehead atoms. The molecule has 2 heterocycles. The van der Waals surface area contributed by atoms with Crippen LogP contribution in [-0.2, 0) is 16.6 Å². The highest BCUT2D eigenvalue weighted by molar-refractivity contribution is 7.90. The predicted octanol–water partition coefficient (Wildman–Crippen LogP) is 4.07. The molecule has 2 aromatic carbocycles. The molecule has 0 unspecified atom stereocenters. The lowest BCUT2D eigenvalue weighted by atomic mass is 10.1. The van der Waals surface area contributed by atoms with Crippen molar-refractivity contribution in [1.82, 2.24) is 9.29 Å². The van der Waals surface area contributed by atoms with E-state index in [1.54, 1.807) is 48.5 Å². The average Bonchev–Trinajstić information content (AvgIpc) is 2.73. The maximum Gasteiger partial charge on any atom is 0.344 e. The predicted molar refractivity (Wildman–Crippen MR) is 107 cm³/mol. The van der Waals surface area contributed by atoms with Crippen LogP contribution in [0.25, 0.3) is 0 Å². The first-order valence-corrected chi connectivity index (χ1v) is 10.3.